The number of hydrogen-bond donors (Lipinski definition) is 1. The molecule has 0 unspecified atom stereocenters. The van der Waals surface area contributed by atoms with E-state index in [4.69, 9.17) is 27.9 Å². The molecule has 1 heterocycles. The number of amides is 1. The standard InChI is InChI=1S/C21H24Cl2N2O2/c22-19-3-1-2-18(21(19)23)8-9-20(26)24-14-16-4-6-17(7-5-16)15-25-10-12-27-13-11-25/h1-7H,8-15H2,(H,24,26). The summed E-state index contributed by atoms with van der Waals surface area (Å²) in [5, 5.41) is 4.01. The molecule has 4 nitrogen and oxygen atoms in total. The maximum atomic E-state index is 12.1. The van der Waals surface area contributed by atoms with Gasteiger partial charge in [0.1, 0.15) is 0 Å². The van der Waals surface area contributed by atoms with Crippen molar-refractivity contribution in [2.75, 3.05) is 26.3 Å². The van der Waals surface area contributed by atoms with Crippen LogP contribution in [0.25, 0.3) is 0 Å². The highest BCUT2D eigenvalue weighted by Gasteiger charge is 2.11. The summed E-state index contributed by atoms with van der Waals surface area (Å²) >= 11 is 12.2. The van der Waals surface area contributed by atoms with Gasteiger partial charge in [-0.1, -0.05) is 59.6 Å². The monoisotopic (exact) mass is 406 g/mol. The van der Waals surface area contributed by atoms with Crippen LogP contribution in [0.3, 0.4) is 0 Å². The van der Waals surface area contributed by atoms with Gasteiger partial charge in [0.25, 0.3) is 0 Å². The number of rotatable bonds is 7. The molecule has 0 saturated carbocycles. The number of aryl methyl sites for hydroxylation is 1. The molecule has 0 aliphatic carbocycles. The lowest BCUT2D eigenvalue weighted by Crippen LogP contribution is -2.35. The van der Waals surface area contributed by atoms with Crippen molar-refractivity contribution in [2.24, 2.45) is 0 Å². The number of morpholine rings is 1. The van der Waals surface area contributed by atoms with Gasteiger partial charge in [0.15, 0.2) is 0 Å². The van der Waals surface area contributed by atoms with Crippen LogP contribution >= 0.6 is 23.2 Å². The molecule has 1 fully saturated rings. The first kappa shape index (κ1) is 20.2. The third-order valence-corrected chi connectivity index (χ3v) is 5.53. The number of ether oxygens (including phenoxy) is 1. The number of benzene rings is 2. The van der Waals surface area contributed by atoms with Gasteiger partial charge >= 0.3 is 0 Å². The number of halogens is 2. The Morgan fingerprint density at radius 2 is 1.74 bits per heavy atom. The van der Waals surface area contributed by atoms with Gasteiger partial charge in [0.2, 0.25) is 5.91 Å². The summed E-state index contributed by atoms with van der Waals surface area (Å²) in [6.07, 6.45) is 0.957. The summed E-state index contributed by atoms with van der Waals surface area (Å²) in [7, 11) is 0. The highest BCUT2D eigenvalue weighted by molar-refractivity contribution is 6.42. The van der Waals surface area contributed by atoms with Crippen LogP contribution in [0.4, 0.5) is 0 Å². The van der Waals surface area contributed by atoms with Gasteiger partial charge in [-0.05, 0) is 29.2 Å². The Hall–Kier alpha value is -1.59. The van der Waals surface area contributed by atoms with Crippen LogP contribution in [0.2, 0.25) is 10.0 Å². The molecule has 3 rings (SSSR count). The number of carbonyl (C=O) groups is 1. The van der Waals surface area contributed by atoms with Gasteiger partial charge in [-0.3, -0.25) is 9.69 Å². The second-order valence-corrected chi connectivity index (χ2v) is 7.48. The molecule has 1 N–H and O–H groups in total. The maximum Gasteiger partial charge on any atom is 0.220 e. The van der Waals surface area contributed by atoms with Crippen molar-refractivity contribution in [1.29, 1.82) is 0 Å². The molecule has 0 atom stereocenters. The van der Waals surface area contributed by atoms with Gasteiger partial charge in [-0.15, -0.1) is 0 Å². The van der Waals surface area contributed by atoms with E-state index in [-0.39, 0.29) is 5.91 Å². The SMILES string of the molecule is O=C(CCc1cccc(Cl)c1Cl)NCc1ccc(CN2CCOCC2)cc1. The normalized spacial score (nSPS) is 14.9. The van der Waals surface area contributed by atoms with E-state index in [1.54, 1.807) is 6.07 Å². The van der Waals surface area contributed by atoms with Crippen molar-refractivity contribution in [3.8, 4) is 0 Å². The fourth-order valence-corrected chi connectivity index (χ4v) is 3.47. The quantitative estimate of drug-likeness (QED) is 0.752. The molecule has 6 heteroatoms. The van der Waals surface area contributed by atoms with Crippen molar-refractivity contribution in [1.82, 2.24) is 10.2 Å². The van der Waals surface area contributed by atoms with Crippen LogP contribution in [-0.4, -0.2) is 37.1 Å². The summed E-state index contributed by atoms with van der Waals surface area (Å²) < 4.78 is 5.38. The third kappa shape index (κ3) is 6.22. The Labute approximate surface area is 170 Å². The van der Waals surface area contributed by atoms with E-state index < -0.39 is 0 Å². The number of nitrogens with zero attached hydrogens (tertiary/aromatic N) is 1. The van der Waals surface area contributed by atoms with E-state index in [0.29, 0.717) is 29.4 Å². The van der Waals surface area contributed by atoms with E-state index in [9.17, 15) is 4.79 Å². The van der Waals surface area contributed by atoms with Crippen LogP contribution in [0.5, 0.6) is 0 Å². The average molecular weight is 407 g/mol. The Kier molecular flexibility index (Phi) is 7.53. The molecule has 0 bridgehead atoms. The van der Waals surface area contributed by atoms with Crippen molar-refractivity contribution >= 4 is 29.1 Å². The van der Waals surface area contributed by atoms with E-state index in [1.807, 2.05) is 12.1 Å². The first-order valence-electron chi connectivity index (χ1n) is 9.19. The van der Waals surface area contributed by atoms with Crippen LogP contribution in [0.1, 0.15) is 23.1 Å². The second kappa shape index (κ2) is 10.1. The number of nitrogens with one attached hydrogen (secondary N) is 1. The van der Waals surface area contributed by atoms with Gasteiger partial charge in [0.05, 0.1) is 23.3 Å². The average Bonchev–Trinajstić information content (AvgIpc) is 2.69. The molecule has 0 spiro atoms. The van der Waals surface area contributed by atoms with E-state index in [2.05, 4.69) is 34.5 Å². The predicted octanol–water partition coefficient (Wildman–Crippen LogP) is 4.07. The minimum atomic E-state index is 0.00318. The molecule has 1 amide bonds. The summed E-state index contributed by atoms with van der Waals surface area (Å²) in [5.74, 6) is 0.00318. The predicted molar refractivity (Wildman–Crippen MR) is 109 cm³/mol. The number of carbonyl (C=O) groups excluding carboxylic acids is 1. The minimum absolute atomic E-state index is 0.00318. The third-order valence-electron chi connectivity index (χ3n) is 4.68. The Morgan fingerprint density at radius 3 is 2.48 bits per heavy atom. The highest BCUT2D eigenvalue weighted by Crippen LogP contribution is 2.26. The molecule has 1 saturated heterocycles. The zero-order valence-corrected chi connectivity index (χ0v) is 16.7. The van der Waals surface area contributed by atoms with E-state index in [1.165, 1.54) is 5.56 Å². The highest BCUT2D eigenvalue weighted by atomic mass is 35.5. The zero-order valence-electron chi connectivity index (χ0n) is 15.2. The Morgan fingerprint density at radius 1 is 1.04 bits per heavy atom. The van der Waals surface area contributed by atoms with Crippen molar-refractivity contribution < 1.29 is 9.53 Å². The first-order valence-corrected chi connectivity index (χ1v) is 9.95. The topological polar surface area (TPSA) is 41.6 Å². The lowest BCUT2D eigenvalue weighted by Gasteiger charge is -2.26. The molecule has 0 aromatic heterocycles. The summed E-state index contributed by atoms with van der Waals surface area (Å²) in [6, 6.07) is 13.9. The first-order chi connectivity index (χ1) is 13.1. The van der Waals surface area contributed by atoms with Crippen LogP contribution in [0, 0.1) is 0 Å². The maximum absolute atomic E-state index is 12.1. The number of hydrogen-bond acceptors (Lipinski definition) is 3. The molecular weight excluding hydrogens is 383 g/mol. The minimum Gasteiger partial charge on any atom is -0.379 e. The second-order valence-electron chi connectivity index (χ2n) is 6.69. The van der Waals surface area contributed by atoms with Crippen LogP contribution < -0.4 is 5.32 Å². The molecule has 144 valence electrons. The van der Waals surface area contributed by atoms with Crippen LogP contribution in [0.15, 0.2) is 42.5 Å². The summed E-state index contributed by atoms with van der Waals surface area (Å²) in [6.45, 7) is 5.05. The molecule has 1 aliphatic heterocycles. The zero-order chi connectivity index (χ0) is 19.1. The van der Waals surface area contributed by atoms with Crippen molar-refractivity contribution in [3.63, 3.8) is 0 Å². The lowest BCUT2D eigenvalue weighted by atomic mass is 10.1. The van der Waals surface area contributed by atoms with Gasteiger partial charge in [-0.2, -0.15) is 0 Å². The van der Waals surface area contributed by atoms with Crippen LogP contribution in [-0.2, 0) is 29.0 Å². The molecule has 27 heavy (non-hydrogen) atoms. The van der Waals surface area contributed by atoms with Gasteiger partial charge < -0.3 is 10.1 Å². The Bertz CT molecular complexity index is 759. The molecule has 2 aromatic carbocycles. The smallest absolute Gasteiger partial charge is 0.220 e. The van der Waals surface area contributed by atoms with Crippen molar-refractivity contribution in [2.45, 2.75) is 25.9 Å². The van der Waals surface area contributed by atoms with Gasteiger partial charge in [-0.25, -0.2) is 0 Å². The molecule has 1 aliphatic rings. The lowest BCUT2D eigenvalue weighted by molar-refractivity contribution is -0.121. The van der Waals surface area contributed by atoms with E-state index in [0.717, 1.165) is 44.0 Å². The molecular formula is C21H24Cl2N2O2. The summed E-state index contributed by atoms with van der Waals surface area (Å²) in [4.78, 5) is 14.5. The fourth-order valence-electron chi connectivity index (χ4n) is 3.06. The fraction of sp³-hybridized carbons (Fsp3) is 0.381. The Balaban J connectivity index is 1.42. The summed E-state index contributed by atoms with van der Waals surface area (Å²) in [5.41, 5.74) is 3.27. The van der Waals surface area contributed by atoms with E-state index >= 15 is 0 Å². The molecule has 0 radical (unpaired) electrons. The molecule has 2 aromatic rings. The van der Waals surface area contributed by atoms with Crippen molar-refractivity contribution in [3.05, 3.63) is 69.2 Å². The largest absolute Gasteiger partial charge is 0.379 e. The van der Waals surface area contributed by atoms with Gasteiger partial charge in [0, 0.05) is 32.6 Å².